The lowest BCUT2D eigenvalue weighted by Gasteiger charge is -2.05. The van der Waals surface area contributed by atoms with Gasteiger partial charge in [-0.25, -0.2) is 4.98 Å². The lowest BCUT2D eigenvalue weighted by Crippen LogP contribution is -2.12. The number of H-pyrrole nitrogens is 1. The molecule has 146 valence electrons. The molecule has 4 rings (SSSR count). The van der Waals surface area contributed by atoms with Crippen molar-refractivity contribution in [2.24, 2.45) is 0 Å². The summed E-state index contributed by atoms with van der Waals surface area (Å²) in [4.78, 5) is 18.5. The molecule has 0 fully saturated rings. The maximum atomic E-state index is 12.8. The molecule has 0 aliphatic rings. The van der Waals surface area contributed by atoms with E-state index in [9.17, 15) is 4.79 Å². The van der Waals surface area contributed by atoms with E-state index < -0.39 is 0 Å². The fourth-order valence-corrected chi connectivity index (χ4v) is 3.95. The van der Waals surface area contributed by atoms with Gasteiger partial charge in [-0.1, -0.05) is 12.1 Å². The molecule has 2 heterocycles. The zero-order valence-electron chi connectivity index (χ0n) is 15.8. The number of thioether (sulfide) groups is 1. The Morgan fingerprint density at radius 3 is 2.52 bits per heavy atom. The van der Waals surface area contributed by atoms with Gasteiger partial charge in [-0.15, -0.1) is 23.1 Å². The van der Waals surface area contributed by atoms with Crippen LogP contribution in [0.1, 0.15) is 10.4 Å². The van der Waals surface area contributed by atoms with Crippen LogP contribution in [0.3, 0.4) is 0 Å². The normalized spacial score (nSPS) is 10.7. The van der Waals surface area contributed by atoms with Crippen molar-refractivity contribution in [3.05, 3.63) is 65.7 Å². The molecule has 1 amide bonds. The number of aromatic nitrogens is 3. The number of benzene rings is 2. The third-order valence-corrected chi connectivity index (χ3v) is 5.87. The Kier molecular flexibility index (Phi) is 5.64. The van der Waals surface area contributed by atoms with Gasteiger partial charge in [-0.3, -0.25) is 15.2 Å². The van der Waals surface area contributed by atoms with Crippen molar-refractivity contribution in [2.45, 2.75) is 4.90 Å². The molecule has 2 N–H and O–H groups in total. The molecule has 0 radical (unpaired) electrons. The molecular formula is C21H18N4O2S2. The van der Waals surface area contributed by atoms with Crippen LogP contribution in [0, 0.1) is 0 Å². The first-order chi connectivity index (χ1) is 14.2. The van der Waals surface area contributed by atoms with E-state index in [1.165, 1.54) is 22.4 Å². The summed E-state index contributed by atoms with van der Waals surface area (Å²) in [7, 11) is 1.61. The standard InChI is InChI=1S/C21H18N4O2S2/c1-27-15-7-3-14(4-8-15)19-17(11-22-25-19)20(26)24-21-23-18(12-29-21)13-5-9-16(28-2)10-6-13/h3-12H,1-2H3,(H,22,25)(H,23,24,26). The van der Waals surface area contributed by atoms with Crippen LogP contribution in [-0.4, -0.2) is 34.5 Å². The molecule has 0 unspecified atom stereocenters. The predicted molar refractivity (Wildman–Crippen MR) is 118 cm³/mol. The first-order valence-corrected chi connectivity index (χ1v) is 10.9. The maximum Gasteiger partial charge on any atom is 0.261 e. The molecule has 6 nitrogen and oxygen atoms in total. The number of carbonyl (C=O) groups is 1. The summed E-state index contributed by atoms with van der Waals surface area (Å²) in [6.45, 7) is 0. The average Bonchev–Trinajstić information content (AvgIpc) is 3.44. The summed E-state index contributed by atoms with van der Waals surface area (Å²) in [6.07, 6.45) is 3.56. The molecule has 0 bridgehead atoms. The molecule has 0 aliphatic heterocycles. The molecule has 0 atom stereocenters. The van der Waals surface area contributed by atoms with Crippen LogP contribution in [-0.2, 0) is 0 Å². The van der Waals surface area contributed by atoms with E-state index in [0.29, 0.717) is 16.4 Å². The number of hydrogen-bond donors (Lipinski definition) is 2. The SMILES string of the molecule is COc1ccc(-c2[nH]ncc2C(=O)Nc2nc(-c3ccc(SC)cc3)cs2)cc1. The number of amides is 1. The minimum atomic E-state index is -0.261. The minimum absolute atomic E-state index is 0.261. The average molecular weight is 423 g/mol. The van der Waals surface area contributed by atoms with E-state index in [4.69, 9.17) is 4.74 Å². The zero-order valence-corrected chi connectivity index (χ0v) is 17.4. The number of methoxy groups -OCH3 is 1. The summed E-state index contributed by atoms with van der Waals surface area (Å²) in [5, 5.41) is 12.3. The van der Waals surface area contributed by atoms with Crippen molar-refractivity contribution in [1.29, 1.82) is 0 Å². The smallest absolute Gasteiger partial charge is 0.261 e. The number of nitrogens with one attached hydrogen (secondary N) is 2. The number of nitrogens with zero attached hydrogens (tertiary/aromatic N) is 2. The molecule has 0 spiro atoms. The Hall–Kier alpha value is -3.10. The summed E-state index contributed by atoms with van der Waals surface area (Å²) < 4.78 is 5.18. The second-order valence-corrected chi connectivity index (χ2v) is 7.85. The van der Waals surface area contributed by atoms with E-state index in [1.54, 1.807) is 18.9 Å². The van der Waals surface area contributed by atoms with Crippen molar-refractivity contribution in [2.75, 3.05) is 18.7 Å². The van der Waals surface area contributed by atoms with E-state index in [-0.39, 0.29) is 5.91 Å². The molecule has 0 saturated heterocycles. The molecule has 0 saturated carbocycles. The van der Waals surface area contributed by atoms with E-state index in [1.807, 2.05) is 48.0 Å². The number of anilines is 1. The van der Waals surface area contributed by atoms with Crippen LogP contribution >= 0.6 is 23.1 Å². The fourth-order valence-electron chi connectivity index (χ4n) is 2.83. The molecule has 2 aromatic heterocycles. The first kappa shape index (κ1) is 19.2. The fraction of sp³-hybridized carbons (Fsp3) is 0.0952. The second-order valence-electron chi connectivity index (χ2n) is 6.11. The summed E-state index contributed by atoms with van der Waals surface area (Å²) in [5.74, 6) is 0.489. The Morgan fingerprint density at radius 2 is 1.83 bits per heavy atom. The minimum Gasteiger partial charge on any atom is -0.497 e. The largest absolute Gasteiger partial charge is 0.497 e. The van der Waals surface area contributed by atoms with Gasteiger partial charge in [0, 0.05) is 21.4 Å². The van der Waals surface area contributed by atoms with Crippen LogP contribution in [0.4, 0.5) is 5.13 Å². The van der Waals surface area contributed by atoms with Gasteiger partial charge in [-0.2, -0.15) is 5.10 Å². The highest BCUT2D eigenvalue weighted by Crippen LogP contribution is 2.28. The summed E-state index contributed by atoms with van der Waals surface area (Å²) in [6, 6.07) is 15.6. The van der Waals surface area contributed by atoms with Crippen LogP contribution in [0.15, 0.2) is 65.0 Å². The van der Waals surface area contributed by atoms with E-state index in [0.717, 1.165) is 22.6 Å². The number of rotatable bonds is 6. The van der Waals surface area contributed by atoms with Crippen molar-refractivity contribution in [1.82, 2.24) is 15.2 Å². The van der Waals surface area contributed by atoms with Gasteiger partial charge in [0.2, 0.25) is 0 Å². The molecule has 29 heavy (non-hydrogen) atoms. The van der Waals surface area contributed by atoms with Crippen LogP contribution < -0.4 is 10.1 Å². The van der Waals surface area contributed by atoms with Gasteiger partial charge < -0.3 is 4.74 Å². The van der Waals surface area contributed by atoms with Crippen LogP contribution in [0.5, 0.6) is 5.75 Å². The molecular weight excluding hydrogens is 404 g/mol. The van der Waals surface area contributed by atoms with Gasteiger partial charge in [0.1, 0.15) is 5.75 Å². The van der Waals surface area contributed by atoms with E-state index >= 15 is 0 Å². The number of aromatic amines is 1. The quantitative estimate of drug-likeness (QED) is 0.418. The van der Waals surface area contributed by atoms with Gasteiger partial charge in [0.05, 0.1) is 30.3 Å². The summed E-state index contributed by atoms with van der Waals surface area (Å²) in [5.41, 5.74) is 3.80. The lowest BCUT2D eigenvalue weighted by molar-refractivity contribution is 0.102. The number of ether oxygens (including phenoxy) is 1. The maximum absolute atomic E-state index is 12.8. The third-order valence-electron chi connectivity index (χ3n) is 4.37. The molecule has 2 aromatic carbocycles. The lowest BCUT2D eigenvalue weighted by atomic mass is 10.1. The predicted octanol–water partition coefficient (Wildman–Crippen LogP) is 5.18. The van der Waals surface area contributed by atoms with Crippen molar-refractivity contribution < 1.29 is 9.53 Å². The van der Waals surface area contributed by atoms with E-state index in [2.05, 4.69) is 32.6 Å². The zero-order chi connectivity index (χ0) is 20.2. The number of hydrogen-bond acceptors (Lipinski definition) is 6. The highest BCUT2D eigenvalue weighted by atomic mass is 32.2. The second kappa shape index (κ2) is 8.50. The highest BCUT2D eigenvalue weighted by Gasteiger charge is 2.17. The van der Waals surface area contributed by atoms with Gasteiger partial charge in [-0.05, 0) is 42.7 Å². The highest BCUT2D eigenvalue weighted by molar-refractivity contribution is 7.98. The van der Waals surface area contributed by atoms with Gasteiger partial charge >= 0.3 is 0 Å². The van der Waals surface area contributed by atoms with Gasteiger partial charge in [0.15, 0.2) is 5.13 Å². The van der Waals surface area contributed by atoms with Gasteiger partial charge in [0.25, 0.3) is 5.91 Å². The Labute approximate surface area is 176 Å². The first-order valence-electron chi connectivity index (χ1n) is 8.77. The Balaban J connectivity index is 1.52. The van der Waals surface area contributed by atoms with Crippen molar-refractivity contribution in [3.8, 4) is 28.3 Å². The topological polar surface area (TPSA) is 79.9 Å². The summed E-state index contributed by atoms with van der Waals surface area (Å²) >= 11 is 3.09. The number of thiazole rings is 1. The molecule has 4 aromatic rings. The molecule has 8 heteroatoms. The Bertz CT molecular complexity index is 1120. The monoisotopic (exact) mass is 422 g/mol. The number of carbonyl (C=O) groups excluding carboxylic acids is 1. The van der Waals surface area contributed by atoms with Crippen molar-refractivity contribution >= 4 is 34.1 Å². The van der Waals surface area contributed by atoms with Crippen LogP contribution in [0.2, 0.25) is 0 Å². The molecule has 0 aliphatic carbocycles. The Morgan fingerprint density at radius 1 is 1.10 bits per heavy atom. The van der Waals surface area contributed by atoms with Crippen LogP contribution in [0.25, 0.3) is 22.5 Å². The van der Waals surface area contributed by atoms with Crippen molar-refractivity contribution in [3.63, 3.8) is 0 Å². The third kappa shape index (κ3) is 4.18.